The Bertz CT molecular complexity index is 1560. The predicted octanol–water partition coefficient (Wildman–Crippen LogP) is 6.12. The molecule has 9 nitrogen and oxygen atoms in total. The number of amides is 2. The topological polar surface area (TPSA) is 105 Å². The van der Waals surface area contributed by atoms with Gasteiger partial charge in [0.05, 0.1) is 24.8 Å². The van der Waals surface area contributed by atoms with Crippen molar-refractivity contribution >= 4 is 39.1 Å². The highest BCUT2D eigenvalue weighted by molar-refractivity contribution is 7.92. The van der Waals surface area contributed by atoms with E-state index in [0.717, 1.165) is 47.5 Å². The van der Waals surface area contributed by atoms with Crippen molar-refractivity contribution in [1.82, 2.24) is 10.2 Å². The summed E-state index contributed by atoms with van der Waals surface area (Å²) in [6.45, 7) is 3.26. The minimum atomic E-state index is -4.23. The number of sulfonamides is 1. The zero-order valence-corrected chi connectivity index (χ0v) is 27.9. The Morgan fingerprint density at radius 1 is 0.933 bits per heavy atom. The van der Waals surface area contributed by atoms with Crippen LogP contribution in [0.1, 0.15) is 56.6 Å². The lowest BCUT2D eigenvalue weighted by Crippen LogP contribution is -2.54. The minimum Gasteiger partial charge on any atom is -0.493 e. The highest BCUT2D eigenvalue weighted by Crippen LogP contribution is 2.34. The summed E-state index contributed by atoms with van der Waals surface area (Å²) >= 11 is 6.12. The van der Waals surface area contributed by atoms with Crippen LogP contribution >= 0.6 is 11.6 Å². The normalized spacial score (nSPS) is 14.3. The van der Waals surface area contributed by atoms with Crippen LogP contribution in [-0.2, 0) is 26.2 Å². The molecule has 1 aliphatic rings. The largest absolute Gasteiger partial charge is 0.493 e. The molecule has 45 heavy (non-hydrogen) atoms. The van der Waals surface area contributed by atoms with Crippen molar-refractivity contribution in [3.8, 4) is 11.5 Å². The molecule has 1 aliphatic carbocycles. The molecule has 242 valence electrons. The first-order chi connectivity index (χ1) is 21.6. The molecule has 0 bridgehead atoms. The van der Waals surface area contributed by atoms with Gasteiger partial charge in [0.1, 0.15) is 12.6 Å². The smallest absolute Gasteiger partial charge is 0.264 e. The van der Waals surface area contributed by atoms with E-state index in [1.54, 1.807) is 48.5 Å². The van der Waals surface area contributed by atoms with Gasteiger partial charge in [-0.1, -0.05) is 67.6 Å². The van der Waals surface area contributed by atoms with Gasteiger partial charge in [0.15, 0.2) is 11.5 Å². The Kier molecular flexibility index (Phi) is 11.7. The maximum atomic E-state index is 14.4. The number of ether oxygens (including phenoxy) is 2. The summed E-state index contributed by atoms with van der Waals surface area (Å²) in [6, 6.07) is 17.4. The second-order valence-corrected chi connectivity index (χ2v) is 13.6. The molecule has 0 aliphatic heterocycles. The molecular weight excluding hydrogens is 614 g/mol. The fourth-order valence-corrected chi connectivity index (χ4v) is 7.13. The van der Waals surface area contributed by atoms with Gasteiger partial charge in [-0.15, -0.1) is 0 Å². The number of carbonyl (C=O) groups excluding carboxylic acids is 2. The predicted molar refractivity (Wildman–Crippen MR) is 176 cm³/mol. The number of aryl methyl sites for hydroxylation is 1. The van der Waals surface area contributed by atoms with E-state index < -0.39 is 28.5 Å². The van der Waals surface area contributed by atoms with E-state index in [2.05, 4.69) is 5.32 Å². The molecule has 1 N–H and O–H groups in total. The van der Waals surface area contributed by atoms with Gasteiger partial charge in [0.25, 0.3) is 10.0 Å². The standard InChI is InChI=1S/C34H42ClN3O6S/c1-5-30(34(40)36-27-9-7-6-8-10-27)37(22-25-13-15-26(35)16-14-25)33(39)23-38(28-17-20-31(43-3)32(21-28)44-4)45(41,42)29-18-11-24(2)12-19-29/h11-21,27,30H,5-10,22-23H2,1-4H3,(H,36,40)/t30-/m0/s1. The fraction of sp³-hybridized carbons (Fsp3) is 0.412. The van der Waals surface area contributed by atoms with Crippen LogP contribution in [0, 0.1) is 6.92 Å². The number of rotatable bonds is 13. The molecule has 0 heterocycles. The summed E-state index contributed by atoms with van der Waals surface area (Å²) in [5, 5.41) is 3.70. The fourth-order valence-electron chi connectivity index (χ4n) is 5.60. The van der Waals surface area contributed by atoms with Crippen molar-refractivity contribution in [3.05, 3.63) is 82.9 Å². The van der Waals surface area contributed by atoms with Crippen molar-refractivity contribution in [2.45, 2.75) is 75.9 Å². The molecule has 1 saturated carbocycles. The first kappa shape index (κ1) is 34.1. The number of hydrogen-bond acceptors (Lipinski definition) is 6. The molecule has 0 radical (unpaired) electrons. The van der Waals surface area contributed by atoms with E-state index in [-0.39, 0.29) is 29.1 Å². The number of methoxy groups -OCH3 is 2. The van der Waals surface area contributed by atoms with E-state index in [4.69, 9.17) is 21.1 Å². The Hall–Kier alpha value is -3.76. The van der Waals surface area contributed by atoms with Crippen LogP contribution in [0.25, 0.3) is 0 Å². The quantitative estimate of drug-likeness (QED) is 0.238. The van der Waals surface area contributed by atoms with Crippen molar-refractivity contribution in [3.63, 3.8) is 0 Å². The van der Waals surface area contributed by atoms with Crippen molar-refractivity contribution in [2.24, 2.45) is 0 Å². The molecule has 0 saturated heterocycles. The number of anilines is 1. The maximum absolute atomic E-state index is 14.4. The maximum Gasteiger partial charge on any atom is 0.264 e. The third kappa shape index (κ3) is 8.49. The van der Waals surface area contributed by atoms with E-state index in [1.807, 2.05) is 13.8 Å². The van der Waals surface area contributed by atoms with E-state index in [1.165, 1.54) is 37.3 Å². The first-order valence-electron chi connectivity index (χ1n) is 15.2. The summed E-state index contributed by atoms with van der Waals surface area (Å²) in [4.78, 5) is 29.6. The van der Waals surface area contributed by atoms with E-state index >= 15 is 0 Å². The monoisotopic (exact) mass is 655 g/mol. The number of benzene rings is 3. The lowest BCUT2D eigenvalue weighted by molar-refractivity contribution is -0.140. The van der Waals surface area contributed by atoms with Gasteiger partial charge in [0.2, 0.25) is 11.8 Å². The molecule has 4 rings (SSSR count). The summed E-state index contributed by atoms with van der Waals surface area (Å²) in [7, 11) is -1.29. The van der Waals surface area contributed by atoms with Gasteiger partial charge in [-0.2, -0.15) is 0 Å². The highest BCUT2D eigenvalue weighted by atomic mass is 35.5. The molecule has 1 fully saturated rings. The Morgan fingerprint density at radius 3 is 2.18 bits per heavy atom. The van der Waals surface area contributed by atoms with Crippen LogP contribution in [-0.4, -0.2) is 58.0 Å². The number of carbonyl (C=O) groups is 2. The zero-order chi connectivity index (χ0) is 32.6. The molecule has 0 spiro atoms. The third-order valence-electron chi connectivity index (χ3n) is 8.15. The molecule has 0 aromatic heterocycles. The average Bonchev–Trinajstić information content (AvgIpc) is 3.04. The van der Waals surface area contributed by atoms with Gasteiger partial charge in [-0.25, -0.2) is 8.42 Å². The van der Waals surface area contributed by atoms with Crippen LogP contribution < -0.4 is 19.1 Å². The van der Waals surface area contributed by atoms with Crippen molar-refractivity contribution in [2.75, 3.05) is 25.1 Å². The Balaban J connectivity index is 1.74. The second-order valence-electron chi connectivity index (χ2n) is 11.3. The third-order valence-corrected chi connectivity index (χ3v) is 10.2. The molecular formula is C34H42ClN3O6S. The molecule has 2 amide bonds. The Morgan fingerprint density at radius 2 is 1.58 bits per heavy atom. The second kappa shape index (κ2) is 15.5. The minimum absolute atomic E-state index is 0.0296. The molecule has 1 atom stereocenters. The SMILES string of the molecule is CC[C@@H](C(=O)NC1CCCCC1)N(Cc1ccc(Cl)cc1)C(=O)CN(c1ccc(OC)c(OC)c1)S(=O)(=O)c1ccc(C)cc1. The molecule has 11 heteroatoms. The van der Waals surface area contributed by atoms with Gasteiger partial charge < -0.3 is 19.7 Å². The summed E-state index contributed by atoms with van der Waals surface area (Å²) in [6.07, 6.45) is 5.38. The van der Waals surface area contributed by atoms with Crippen molar-refractivity contribution in [1.29, 1.82) is 0 Å². The summed E-state index contributed by atoms with van der Waals surface area (Å²) in [5.41, 5.74) is 1.87. The van der Waals surface area contributed by atoms with Crippen LogP contribution in [0.4, 0.5) is 5.69 Å². The lowest BCUT2D eigenvalue weighted by Gasteiger charge is -2.34. The van der Waals surface area contributed by atoms with Crippen molar-refractivity contribution < 1.29 is 27.5 Å². The summed E-state index contributed by atoms with van der Waals surface area (Å²) < 4.78 is 40.2. The van der Waals surface area contributed by atoms with E-state index in [9.17, 15) is 18.0 Å². The number of hydrogen-bond donors (Lipinski definition) is 1. The van der Waals surface area contributed by atoms with Gasteiger partial charge in [-0.3, -0.25) is 13.9 Å². The zero-order valence-electron chi connectivity index (χ0n) is 26.3. The number of halogens is 1. The molecule has 3 aromatic carbocycles. The Labute approximate surface area is 271 Å². The highest BCUT2D eigenvalue weighted by Gasteiger charge is 2.34. The van der Waals surface area contributed by atoms with Gasteiger partial charge >= 0.3 is 0 Å². The molecule has 3 aromatic rings. The lowest BCUT2D eigenvalue weighted by atomic mass is 9.95. The number of nitrogens with zero attached hydrogens (tertiary/aromatic N) is 2. The van der Waals surface area contributed by atoms with Crippen LogP contribution in [0.2, 0.25) is 5.02 Å². The van der Waals surface area contributed by atoms with E-state index in [0.29, 0.717) is 22.9 Å². The number of nitrogens with one attached hydrogen (secondary N) is 1. The van der Waals surface area contributed by atoms with Crippen LogP contribution in [0.15, 0.2) is 71.6 Å². The summed E-state index contributed by atoms with van der Waals surface area (Å²) in [5.74, 6) is -0.0511. The van der Waals surface area contributed by atoms with Gasteiger partial charge in [-0.05, 0) is 68.1 Å². The van der Waals surface area contributed by atoms with Crippen LogP contribution in [0.3, 0.4) is 0 Å². The van der Waals surface area contributed by atoms with Crippen LogP contribution in [0.5, 0.6) is 11.5 Å². The molecule has 0 unspecified atom stereocenters. The van der Waals surface area contributed by atoms with Gasteiger partial charge in [0, 0.05) is 23.7 Å². The first-order valence-corrected chi connectivity index (χ1v) is 17.0. The average molecular weight is 656 g/mol.